The molecule has 72 valence electrons. The second-order valence-corrected chi connectivity index (χ2v) is 4.12. The van der Waals surface area contributed by atoms with Gasteiger partial charge in [0.1, 0.15) is 5.92 Å². The van der Waals surface area contributed by atoms with Crippen LogP contribution in [0.1, 0.15) is 11.5 Å². The molecule has 1 aliphatic rings. The molecule has 0 radical (unpaired) electrons. The van der Waals surface area contributed by atoms with Crippen molar-refractivity contribution in [3.8, 4) is 0 Å². The topological polar surface area (TPSA) is 49.7 Å². The fourth-order valence-electron chi connectivity index (χ4n) is 1.38. The Morgan fingerprint density at radius 2 is 2.29 bits per heavy atom. The third-order valence-corrected chi connectivity index (χ3v) is 3.35. The van der Waals surface area contributed by atoms with E-state index in [1.807, 2.05) is 0 Å². The van der Waals surface area contributed by atoms with Crippen LogP contribution in [0.25, 0.3) is 0 Å². The van der Waals surface area contributed by atoms with Gasteiger partial charge >= 0.3 is 5.97 Å². The van der Waals surface area contributed by atoms with E-state index < -0.39 is 11.9 Å². The van der Waals surface area contributed by atoms with Gasteiger partial charge in [-0.2, -0.15) is 0 Å². The van der Waals surface area contributed by atoms with Crippen LogP contribution in [-0.2, 0) is 4.79 Å². The zero-order valence-corrected chi connectivity index (χ0v) is 9.21. The monoisotopic (exact) mass is 273 g/mol. The summed E-state index contributed by atoms with van der Waals surface area (Å²) in [5, 5.41) is 9.33. The summed E-state index contributed by atoms with van der Waals surface area (Å²) in [6.07, 6.45) is 1.39. The summed E-state index contributed by atoms with van der Waals surface area (Å²) in [5.41, 5.74) is 1.19. The standard InChI is InChI=1S/C9H5BrClNO2/c10-5-1-2-6-7(8(5)11)4(3-12-6)9(13)14/h1-4H,(H,13,14). The first kappa shape index (κ1) is 9.68. The number of carbonyl (C=O) groups is 1. The number of benzene rings is 1. The molecule has 14 heavy (non-hydrogen) atoms. The van der Waals surface area contributed by atoms with Crippen molar-refractivity contribution in [1.29, 1.82) is 0 Å². The molecule has 1 aliphatic heterocycles. The van der Waals surface area contributed by atoms with Gasteiger partial charge in [-0.1, -0.05) is 11.6 Å². The van der Waals surface area contributed by atoms with Gasteiger partial charge in [-0.3, -0.25) is 9.79 Å². The molecule has 0 spiro atoms. The van der Waals surface area contributed by atoms with Crippen molar-refractivity contribution >= 4 is 45.4 Å². The van der Waals surface area contributed by atoms with Gasteiger partial charge in [-0.15, -0.1) is 0 Å². The first-order chi connectivity index (χ1) is 6.61. The van der Waals surface area contributed by atoms with Gasteiger partial charge in [0.25, 0.3) is 0 Å². The summed E-state index contributed by atoms with van der Waals surface area (Å²) >= 11 is 9.23. The van der Waals surface area contributed by atoms with E-state index in [0.717, 1.165) is 0 Å². The van der Waals surface area contributed by atoms with E-state index in [4.69, 9.17) is 16.7 Å². The van der Waals surface area contributed by atoms with Crippen molar-refractivity contribution < 1.29 is 9.90 Å². The second kappa shape index (κ2) is 3.37. The predicted octanol–water partition coefficient (Wildman–Crippen LogP) is 2.99. The highest BCUT2D eigenvalue weighted by atomic mass is 79.9. The van der Waals surface area contributed by atoms with E-state index in [9.17, 15) is 4.79 Å². The molecular weight excluding hydrogens is 269 g/mol. The Morgan fingerprint density at radius 1 is 1.57 bits per heavy atom. The first-order valence-corrected chi connectivity index (χ1v) is 5.03. The Balaban J connectivity index is 2.62. The molecule has 0 fully saturated rings. The largest absolute Gasteiger partial charge is 0.481 e. The van der Waals surface area contributed by atoms with E-state index >= 15 is 0 Å². The highest BCUT2D eigenvalue weighted by Gasteiger charge is 2.28. The van der Waals surface area contributed by atoms with E-state index in [-0.39, 0.29) is 0 Å². The predicted molar refractivity (Wildman–Crippen MR) is 57.7 cm³/mol. The van der Waals surface area contributed by atoms with Crippen molar-refractivity contribution in [3.05, 3.63) is 27.2 Å². The maximum absolute atomic E-state index is 10.9. The van der Waals surface area contributed by atoms with Gasteiger partial charge in [0, 0.05) is 16.3 Å². The third kappa shape index (κ3) is 1.35. The Labute approximate surface area is 93.5 Å². The van der Waals surface area contributed by atoms with E-state index in [1.54, 1.807) is 12.1 Å². The molecule has 1 unspecified atom stereocenters. The van der Waals surface area contributed by atoms with Crippen LogP contribution in [0.4, 0.5) is 5.69 Å². The summed E-state index contributed by atoms with van der Waals surface area (Å²) in [4.78, 5) is 14.9. The minimum Gasteiger partial charge on any atom is -0.481 e. The molecule has 1 heterocycles. The molecule has 0 bridgehead atoms. The first-order valence-electron chi connectivity index (χ1n) is 3.86. The number of hydrogen-bond acceptors (Lipinski definition) is 2. The van der Waals surface area contributed by atoms with Crippen LogP contribution in [0.3, 0.4) is 0 Å². The lowest BCUT2D eigenvalue weighted by molar-refractivity contribution is -0.136. The number of carboxylic acid groups (broad SMARTS) is 1. The van der Waals surface area contributed by atoms with Gasteiger partial charge in [-0.05, 0) is 28.1 Å². The number of halogens is 2. The Morgan fingerprint density at radius 3 is 2.93 bits per heavy atom. The van der Waals surface area contributed by atoms with E-state index in [0.29, 0.717) is 20.7 Å². The molecule has 0 saturated heterocycles. The fourth-order valence-corrected chi connectivity index (χ4v) is 2.00. The second-order valence-electron chi connectivity index (χ2n) is 2.89. The average molecular weight is 275 g/mol. The number of hydrogen-bond donors (Lipinski definition) is 1. The lowest BCUT2D eigenvalue weighted by atomic mass is 10.0. The zero-order chi connectivity index (χ0) is 10.3. The molecule has 1 N–H and O–H groups in total. The lowest BCUT2D eigenvalue weighted by Gasteiger charge is -2.07. The van der Waals surface area contributed by atoms with Crippen molar-refractivity contribution in [2.75, 3.05) is 0 Å². The number of aliphatic carboxylic acids is 1. The summed E-state index contributed by atoms with van der Waals surface area (Å²) in [6, 6.07) is 3.49. The lowest BCUT2D eigenvalue weighted by Crippen LogP contribution is -2.10. The highest BCUT2D eigenvalue weighted by molar-refractivity contribution is 9.10. The number of aliphatic imine (C=N–C) groups is 1. The van der Waals surface area contributed by atoms with Crippen LogP contribution in [0.15, 0.2) is 21.6 Å². The van der Waals surface area contributed by atoms with Crippen molar-refractivity contribution in [2.45, 2.75) is 5.92 Å². The summed E-state index contributed by atoms with van der Waals surface area (Å²) in [5.74, 6) is -1.66. The maximum atomic E-state index is 10.9. The van der Waals surface area contributed by atoms with E-state index in [2.05, 4.69) is 20.9 Å². The third-order valence-electron chi connectivity index (χ3n) is 2.05. The Kier molecular flexibility index (Phi) is 2.33. The molecule has 5 heteroatoms. The van der Waals surface area contributed by atoms with Crippen LogP contribution in [-0.4, -0.2) is 17.3 Å². The fraction of sp³-hybridized carbons (Fsp3) is 0.111. The number of rotatable bonds is 1. The molecule has 1 atom stereocenters. The van der Waals surface area contributed by atoms with Crippen molar-refractivity contribution in [1.82, 2.24) is 0 Å². The molecule has 0 amide bonds. The molecular formula is C9H5BrClNO2. The number of nitrogens with zero attached hydrogens (tertiary/aromatic N) is 1. The summed E-state index contributed by atoms with van der Waals surface area (Å²) < 4.78 is 0.690. The molecule has 0 saturated carbocycles. The average Bonchev–Trinajstić information content (AvgIpc) is 2.55. The minimum absolute atomic E-state index is 0.424. The SMILES string of the molecule is O=C(O)C1C=Nc2ccc(Br)c(Cl)c21. The van der Waals surface area contributed by atoms with Gasteiger partial charge in [0.2, 0.25) is 0 Å². The molecule has 0 aliphatic carbocycles. The molecule has 1 aromatic carbocycles. The Bertz CT molecular complexity index is 445. The van der Waals surface area contributed by atoms with Crippen LogP contribution < -0.4 is 0 Å². The summed E-state index contributed by atoms with van der Waals surface area (Å²) in [6.45, 7) is 0. The summed E-state index contributed by atoms with van der Waals surface area (Å²) in [7, 11) is 0. The maximum Gasteiger partial charge on any atom is 0.316 e. The van der Waals surface area contributed by atoms with Gasteiger partial charge in [0.05, 0.1) is 10.7 Å². The minimum atomic E-state index is -0.937. The quantitative estimate of drug-likeness (QED) is 0.856. The highest BCUT2D eigenvalue weighted by Crippen LogP contribution is 2.41. The smallest absolute Gasteiger partial charge is 0.316 e. The number of fused-ring (bicyclic) bond motifs is 1. The van der Waals surface area contributed by atoms with E-state index in [1.165, 1.54) is 6.21 Å². The molecule has 3 nitrogen and oxygen atoms in total. The van der Waals surface area contributed by atoms with Crippen LogP contribution in [0, 0.1) is 0 Å². The van der Waals surface area contributed by atoms with Crippen LogP contribution in [0.5, 0.6) is 0 Å². The van der Waals surface area contributed by atoms with Gasteiger partial charge < -0.3 is 5.11 Å². The molecule has 1 aromatic rings. The molecule has 0 aromatic heterocycles. The van der Waals surface area contributed by atoms with Crippen molar-refractivity contribution in [3.63, 3.8) is 0 Å². The van der Waals surface area contributed by atoms with Crippen molar-refractivity contribution in [2.24, 2.45) is 4.99 Å². The normalized spacial score (nSPS) is 18.3. The van der Waals surface area contributed by atoms with Crippen LogP contribution in [0.2, 0.25) is 5.02 Å². The Hall–Kier alpha value is -0.870. The zero-order valence-electron chi connectivity index (χ0n) is 6.87. The van der Waals surface area contributed by atoms with Gasteiger partial charge in [0.15, 0.2) is 0 Å². The number of carboxylic acids is 1. The van der Waals surface area contributed by atoms with Crippen LogP contribution >= 0.6 is 27.5 Å². The molecule has 2 rings (SSSR count). The van der Waals surface area contributed by atoms with Gasteiger partial charge in [-0.25, -0.2) is 0 Å².